The number of nitro groups is 2. The highest BCUT2D eigenvalue weighted by Gasteiger charge is 2.61. The highest BCUT2D eigenvalue weighted by atomic mass is 35.5. The van der Waals surface area contributed by atoms with E-state index in [1.807, 2.05) is 0 Å². The number of fused-ring (bicyclic) bond motifs is 2. The maximum Gasteiger partial charge on any atom is 0.295 e. The van der Waals surface area contributed by atoms with Crippen LogP contribution in [0.25, 0.3) is 0 Å². The average molecular weight is 382 g/mol. The van der Waals surface area contributed by atoms with Gasteiger partial charge in [-0.1, -0.05) is 32.4 Å². The van der Waals surface area contributed by atoms with E-state index >= 15 is 0 Å². The quantitative estimate of drug-likeness (QED) is 0.622. The van der Waals surface area contributed by atoms with Gasteiger partial charge in [0.25, 0.3) is 17.3 Å². The first-order chi connectivity index (χ1) is 12.0. The lowest BCUT2D eigenvalue weighted by atomic mass is 9.69. The van der Waals surface area contributed by atoms with Crippen LogP contribution in [0.5, 0.6) is 0 Å². The van der Waals surface area contributed by atoms with Crippen molar-refractivity contribution < 1.29 is 14.6 Å². The van der Waals surface area contributed by atoms with Crippen molar-refractivity contribution in [2.75, 3.05) is 0 Å². The second-order valence-electron chi connectivity index (χ2n) is 7.98. The summed E-state index contributed by atoms with van der Waals surface area (Å²) in [7, 11) is 0. The smallest absolute Gasteiger partial charge is 0.295 e. The molecule has 1 aromatic rings. The van der Waals surface area contributed by atoms with E-state index in [0.29, 0.717) is 5.92 Å². The number of nitrogens with zero attached hydrogens (tertiary/aromatic N) is 2. The summed E-state index contributed by atoms with van der Waals surface area (Å²) in [5.41, 5.74) is -1.41. The van der Waals surface area contributed by atoms with Crippen LogP contribution in [0.1, 0.15) is 50.4 Å². The monoisotopic (exact) mass is 381 g/mol. The molecule has 1 N–H and O–H groups in total. The number of carbonyl (C=O) groups excluding carboxylic acids is 1. The summed E-state index contributed by atoms with van der Waals surface area (Å²) in [6.07, 6.45) is 2.96. The van der Waals surface area contributed by atoms with Gasteiger partial charge in [0.1, 0.15) is 0 Å². The molecule has 2 bridgehead atoms. The summed E-state index contributed by atoms with van der Waals surface area (Å²) >= 11 is 5.74. The van der Waals surface area contributed by atoms with Crippen LogP contribution < -0.4 is 5.32 Å². The summed E-state index contributed by atoms with van der Waals surface area (Å²) in [4.78, 5) is 33.3. The lowest BCUT2D eigenvalue weighted by Crippen LogP contribution is -2.46. The van der Waals surface area contributed by atoms with E-state index < -0.39 is 32.2 Å². The third-order valence-corrected chi connectivity index (χ3v) is 7.18. The maximum atomic E-state index is 12.7. The van der Waals surface area contributed by atoms with Gasteiger partial charge < -0.3 is 5.32 Å². The fourth-order valence-electron chi connectivity index (χ4n) is 4.65. The highest BCUT2D eigenvalue weighted by molar-refractivity contribution is 6.35. The number of carbonyl (C=O) groups is 1. The molecule has 2 saturated carbocycles. The fraction of sp³-hybridized carbons (Fsp3) is 0.588. The van der Waals surface area contributed by atoms with Crippen molar-refractivity contribution in [1.29, 1.82) is 0 Å². The summed E-state index contributed by atoms with van der Waals surface area (Å²) in [5.74, 6) is -0.0471. The van der Waals surface area contributed by atoms with E-state index in [-0.39, 0.29) is 22.4 Å². The summed E-state index contributed by atoms with van der Waals surface area (Å²) in [6, 6.07) is 1.91. The van der Waals surface area contributed by atoms with Gasteiger partial charge in [-0.05, 0) is 36.0 Å². The maximum absolute atomic E-state index is 12.7. The van der Waals surface area contributed by atoms with Crippen LogP contribution in [0.4, 0.5) is 11.4 Å². The Labute approximate surface area is 155 Å². The predicted molar refractivity (Wildman–Crippen MR) is 95.2 cm³/mol. The van der Waals surface area contributed by atoms with E-state index in [9.17, 15) is 25.0 Å². The number of rotatable bonds is 4. The third kappa shape index (κ3) is 2.55. The number of nitro benzene ring substituents is 2. The molecule has 0 radical (unpaired) electrons. The van der Waals surface area contributed by atoms with Crippen LogP contribution in [-0.4, -0.2) is 21.8 Å². The predicted octanol–water partition coefficient (Wildman–Crippen LogP) is 4.10. The first-order valence-electron chi connectivity index (χ1n) is 8.42. The van der Waals surface area contributed by atoms with E-state index in [1.165, 1.54) is 0 Å². The van der Waals surface area contributed by atoms with Gasteiger partial charge in [0.05, 0.1) is 15.4 Å². The Kier molecular flexibility index (Phi) is 4.22. The summed E-state index contributed by atoms with van der Waals surface area (Å²) in [6.45, 7) is 6.56. The van der Waals surface area contributed by atoms with Gasteiger partial charge in [0.2, 0.25) is 0 Å². The molecule has 1 aromatic carbocycles. The first kappa shape index (κ1) is 18.6. The van der Waals surface area contributed by atoms with Crippen LogP contribution >= 0.6 is 11.6 Å². The lowest BCUT2D eigenvalue weighted by Gasteiger charge is -2.39. The van der Waals surface area contributed by atoms with Crippen molar-refractivity contribution in [3.63, 3.8) is 0 Å². The van der Waals surface area contributed by atoms with E-state index in [1.54, 1.807) is 0 Å². The molecular weight excluding hydrogens is 362 g/mol. The molecule has 0 unspecified atom stereocenters. The molecule has 26 heavy (non-hydrogen) atoms. The zero-order chi connectivity index (χ0) is 19.4. The SMILES string of the molecule is CC1(C)[C@@H]2CC[C@@]1(C)[C@H](NC(=O)c1cc([N+](=O)[O-])c(Cl)c([N+](=O)[O-])c1)C2. The average Bonchev–Trinajstić information content (AvgIpc) is 2.87. The Balaban J connectivity index is 1.92. The highest BCUT2D eigenvalue weighted by Crippen LogP contribution is 2.65. The van der Waals surface area contributed by atoms with Crippen molar-refractivity contribution in [3.05, 3.63) is 42.9 Å². The summed E-state index contributed by atoms with van der Waals surface area (Å²) in [5, 5.41) is 24.6. The molecular formula is C17H20ClN3O5. The third-order valence-electron chi connectivity index (χ3n) is 6.79. The first-order valence-corrected chi connectivity index (χ1v) is 8.80. The Morgan fingerprint density at radius 3 is 2.12 bits per heavy atom. The molecule has 8 nitrogen and oxygen atoms in total. The van der Waals surface area contributed by atoms with E-state index in [0.717, 1.165) is 31.4 Å². The van der Waals surface area contributed by atoms with Crippen LogP contribution in [0.2, 0.25) is 5.02 Å². The lowest BCUT2D eigenvalue weighted by molar-refractivity contribution is -0.393. The normalized spacial score (nSPS) is 28.8. The molecule has 9 heteroatoms. The van der Waals surface area contributed by atoms with Gasteiger partial charge in [-0.3, -0.25) is 25.0 Å². The number of hydrogen-bond donors (Lipinski definition) is 1. The van der Waals surface area contributed by atoms with Crippen LogP contribution in [-0.2, 0) is 0 Å². The minimum absolute atomic E-state index is 0.0717. The van der Waals surface area contributed by atoms with E-state index in [4.69, 9.17) is 11.6 Å². The van der Waals surface area contributed by atoms with Crippen molar-refractivity contribution >= 4 is 28.9 Å². The van der Waals surface area contributed by atoms with Crippen LogP contribution in [0.3, 0.4) is 0 Å². The topological polar surface area (TPSA) is 115 Å². The molecule has 1 amide bonds. The van der Waals surface area contributed by atoms with E-state index in [2.05, 4.69) is 26.1 Å². The Morgan fingerprint density at radius 2 is 1.73 bits per heavy atom. The summed E-state index contributed by atoms with van der Waals surface area (Å²) < 4.78 is 0. The van der Waals surface area contributed by atoms with Crippen molar-refractivity contribution in [3.8, 4) is 0 Å². The molecule has 140 valence electrons. The molecule has 2 aliphatic rings. The van der Waals surface area contributed by atoms with Gasteiger partial charge in [-0.25, -0.2) is 0 Å². The number of benzene rings is 1. The largest absolute Gasteiger partial charge is 0.349 e. The standard InChI is InChI=1S/C17H20ClN3O5/c1-16(2)10-4-5-17(16,3)13(8-10)19-15(22)9-6-11(20(23)24)14(18)12(7-9)21(25)26/h6-7,10,13H,4-5,8H2,1-3H3,(H,19,22)/t10-,13-,17+/m1/s1. The van der Waals surface area contributed by atoms with Crippen molar-refractivity contribution in [2.45, 2.75) is 46.1 Å². The molecule has 0 aromatic heterocycles. The molecule has 0 saturated heterocycles. The van der Waals surface area contributed by atoms with Gasteiger partial charge in [0, 0.05) is 18.2 Å². The van der Waals surface area contributed by atoms with Crippen molar-refractivity contribution in [1.82, 2.24) is 5.32 Å². The molecule has 3 rings (SSSR count). The minimum atomic E-state index is -0.825. The number of amides is 1. The molecule has 2 fully saturated rings. The van der Waals surface area contributed by atoms with Crippen LogP contribution in [0.15, 0.2) is 12.1 Å². The Bertz CT molecular complexity index is 790. The Morgan fingerprint density at radius 1 is 1.19 bits per heavy atom. The van der Waals surface area contributed by atoms with Gasteiger partial charge >= 0.3 is 0 Å². The number of halogens is 1. The minimum Gasteiger partial charge on any atom is -0.349 e. The van der Waals surface area contributed by atoms with Gasteiger partial charge in [-0.15, -0.1) is 0 Å². The Hall–Kier alpha value is -2.22. The zero-order valence-electron chi connectivity index (χ0n) is 14.7. The molecule has 0 heterocycles. The molecule has 0 aliphatic heterocycles. The van der Waals surface area contributed by atoms with Gasteiger partial charge in [-0.2, -0.15) is 0 Å². The number of nitrogens with one attached hydrogen (secondary N) is 1. The molecule has 2 aliphatic carbocycles. The zero-order valence-corrected chi connectivity index (χ0v) is 15.5. The van der Waals surface area contributed by atoms with Crippen molar-refractivity contribution in [2.24, 2.45) is 16.7 Å². The molecule has 3 atom stereocenters. The second-order valence-corrected chi connectivity index (χ2v) is 8.36. The fourth-order valence-corrected chi connectivity index (χ4v) is 4.90. The number of hydrogen-bond acceptors (Lipinski definition) is 5. The molecule has 0 spiro atoms. The van der Waals surface area contributed by atoms with Gasteiger partial charge in [0.15, 0.2) is 5.02 Å². The second kappa shape index (κ2) is 5.90. The van der Waals surface area contributed by atoms with Crippen LogP contribution in [0, 0.1) is 37.0 Å².